The van der Waals surface area contributed by atoms with Gasteiger partial charge in [0.05, 0.1) is 12.7 Å². The average molecular weight is 268 g/mol. The molecule has 5 rings (SSSR count). The molecule has 4 saturated carbocycles. The molecule has 0 saturated heterocycles. The van der Waals surface area contributed by atoms with Gasteiger partial charge in [0.1, 0.15) is 0 Å². The van der Waals surface area contributed by atoms with Crippen LogP contribution in [0.1, 0.15) is 44.6 Å². The third-order valence-electron chi connectivity index (χ3n) is 6.59. The minimum atomic E-state index is 0.310. The molecule has 4 aliphatic carbocycles. The molecule has 0 aromatic heterocycles. The maximum absolute atomic E-state index is 6.38. The molecule has 4 aliphatic rings. The Kier molecular flexibility index (Phi) is 2.66. The summed E-state index contributed by atoms with van der Waals surface area (Å²) in [4.78, 5) is 0. The summed E-state index contributed by atoms with van der Waals surface area (Å²) in [6, 6.07) is 10.6. The second-order valence-electron chi connectivity index (χ2n) is 7.19. The highest BCUT2D eigenvalue weighted by Crippen LogP contribution is 2.78. The summed E-state index contributed by atoms with van der Waals surface area (Å²) in [5.41, 5.74) is 3.60. The summed E-state index contributed by atoms with van der Waals surface area (Å²) in [6.45, 7) is 7.68. The predicted molar refractivity (Wildman–Crippen MR) is 81.3 cm³/mol. The Hall–Kier alpha value is -1.08. The van der Waals surface area contributed by atoms with Gasteiger partial charge in [-0.1, -0.05) is 62.2 Å². The maximum Gasteiger partial charge on any atom is 0.0721 e. The molecule has 20 heavy (non-hydrogen) atoms. The van der Waals surface area contributed by atoms with E-state index in [0.29, 0.717) is 16.9 Å². The molecule has 1 aromatic rings. The average Bonchev–Trinajstić information content (AvgIpc) is 2.92. The topological polar surface area (TPSA) is 9.23 Å². The van der Waals surface area contributed by atoms with Crippen LogP contribution in [0.3, 0.4) is 0 Å². The lowest BCUT2D eigenvalue weighted by Crippen LogP contribution is -2.57. The van der Waals surface area contributed by atoms with E-state index in [2.05, 4.69) is 43.8 Å². The normalized spacial score (nSPS) is 42.1. The van der Waals surface area contributed by atoms with E-state index < -0.39 is 0 Å². The number of rotatable bonds is 3. The Bertz CT molecular complexity index is 534. The highest BCUT2D eigenvalue weighted by atomic mass is 16.5. The van der Waals surface area contributed by atoms with Crippen molar-refractivity contribution in [3.8, 4) is 0 Å². The van der Waals surface area contributed by atoms with Crippen molar-refractivity contribution in [1.29, 1.82) is 0 Å². The molecule has 1 nitrogen and oxygen atoms in total. The zero-order valence-corrected chi connectivity index (χ0v) is 12.4. The van der Waals surface area contributed by atoms with E-state index in [-0.39, 0.29) is 0 Å². The molecule has 1 aromatic carbocycles. The minimum Gasteiger partial charge on any atom is -0.373 e. The number of fused-ring (bicyclic) bond motifs is 1. The molecular formula is C19H24O. The lowest BCUT2D eigenvalue weighted by molar-refractivity contribution is -0.108. The van der Waals surface area contributed by atoms with E-state index in [9.17, 15) is 0 Å². The van der Waals surface area contributed by atoms with Crippen LogP contribution in [-0.2, 0) is 11.3 Å². The van der Waals surface area contributed by atoms with Crippen molar-refractivity contribution >= 4 is 0 Å². The molecule has 1 spiro atoms. The third-order valence-corrected chi connectivity index (χ3v) is 6.59. The molecule has 0 aliphatic heterocycles. The summed E-state index contributed by atoms with van der Waals surface area (Å²) in [5, 5.41) is 0. The van der Waals surface area contributed by atoms with Gasteiger partial charge in [-0.3, -0.25) is 0 Å². The van der Waals surface area contributed by atoms with Crippen LogP contribution >= 0.6 is 0 Å². The highest BCUT2D eigenvalue weighted by molar-refractivity contribution is 5.41. The van der Waals surface area contributed by atoms with Crippen LogP contribution in [0, 0.1) is 16.7 Å². The zero-order valence-electron chi connectivity index (χ0n) is 12.4. The molecule has 4 fully saturated rings. The zero-order chi connectivity index (χ0) is 13.8. The van der Waals surface area contributed by atoms with Crippen molar-refractivity contribution in [3.63, 3.8) is 0 Å². The van der Waals surface area contributed by atoms with Crippen molar-refractivity contribution < 1.29 is 4.74 Å². The summed E-state index contributed by atoms with van der Waals surface area (Å²) >= 11 is 0. The standard InChI is InChI=1S/C19H24O/c1-14-16-12-17(20-13-15-8-4-3-5-9-15)19(14)11-7-6-10-18(16,19)2/h3-5,8-9,16-17H,1,6-7,10-13H2,2H3/t16-,17+,18+,19-/m1/s1. The highest BCUT2D eigenvalue weighted by Gasteiger charge is 2.74. The first kappa shape index (κ1) is 12.6. The molecular weight excluding hydrogens is 244 g/mol. The number of hydrogen-bond acceptors (Lipinski definition) is 1. The second-order valence-corrected chi connectivity index (χ2v) is 7.19. The first-order valence-corrected chi connectivity index (χ1v) is 8.03. The lowest BCUT2D eigenvalue weighted by Gasteiger charge is -2.62. The summed E-state index contributed by atoms with van der Waals surface area (Å²) in [5.74, 6) is 0.726. The molecule has 0 radical (unpaired) electrons. The molecule has 0 unspecified atom stereocenters. The van der Waals surface area contributed by atoms with Crippen molar-refractivity contribution in [1.82, 2.24) is 0 Å². The van der Waals surface area contributed by atoms with Gasteiger partial charge in [-0.15, -0.1) is 0 Å². The van der Waals surface area contributed by atoms with Gasteiger partial charge < -0.3 is 4.74 Å². The van der Waals surface area contributed by atoms with E-state index in [1.54, 1.807) is 0 Å². The van der Waals surface area contributed by atoms with Crippen molar-refractivity contribution in [2.75, 3.05) is 0 Å². The van der Waals surface area contributed by atoms with E-state index in [0.717, 1.165) is 12.5 Å². The Balaban J connectivity index is 1.54. The van der Waals surface area contributed by atoms with Crippen LogP contribution in [0.4, 0.5) is 0 Å². The molecule has 106 valence electrons. The van der Waals surface area contributed by atoms with Crippen LogP contribution in [-0.4, -0.2) is 6.10 Å². The predicted octanol–water partition coefficient (Wildman–Crippen LogP) is 4.73. The molecule has 2 bridgehead atoms. The van der Waals surface area contributed by atoms with Gasteiger partial charge in [0, 0.05) is 5.41 Å². The Morgan fingerprint density at radius 2 is 1.95 bits per heavy atom. The van der Waals surface area contributed by atoms with Gasteiger partial charge in [0.15, 0.2) is 0 Å². The summed E-state index contributed by atoms with van der Waals surface area (Å²) < 4.78 is 6.38. The molecule has 0 amide bonds. The maximum atomic E-state index is 6.38. The van der Waals surface area contributed by atoms with Crippen LogP contribution in [0.2, 0.25) is 0 Å². The quantitative estimate of drug-likeness (QED) is 0.720. The molecule has 1 heteroatoms. The third kappa shape index (κ3) is 1.37. The van der Waals surface area contributed by atoms with Crippen molar-refractivity contribution in [3.05, 3.63) is 48.0 Å². The van der Waals surface area contributed by atoms with Gasteiger partial charge in [0.2, 0.25) is 0 Å². The van der Waals surface area contributed by atoms with Gasteiger partial charge in [0.25, 0.3) is 0 Å². The minimum absolute atomic E-state index is 0.310. The fourth-order valence-corrected chi connectivity index (χ4v) is 5.57. The fourth-order valence-electron chi connectivity index (χ4n) is 5.57. The van der Waals surface area contributed by atoms with Gasteiger partial charge in [-0.25, -0.2) is 0 Å². The Morgan fingerprint density at radius 3 is 2.75 bits per heavy atom. The fraction of sp³-hybridized carbons (Fsp3) is 0.579. The second kappa shape index (κ2) is 4.21. The van der Waals surface area contributed by atoms with Crippen LogP contribution < -0.4 is 0 Å². The van der Waals surface area contributed by atoms with E-state index >= 15 is 0 Å². The van der Waals surface area contributed by atoms with Gasteiger partial charge in [-0.05, 0) is 36.2 Å². The SMILES string of the molecule is C=C1[C@H]2C[C@H](OCc3ccccc3)[C@@]13CCCC[C@@]23C. The summed E-state index contributed by atoms with van der Waals surface area (Å²) in [6.07, 6.45) is 7.05. The van der Waals surface area contributed by atoms with Gasteiger partial charge >= 0.3 is 0 Å². The van der Waals surface area contributed by atoms with Crippen LogP contribution in [0.25, 0.3) is 0 Å². The van der Waals surface area contributed by atoms with E-state index in [4.69, 9.17) is 4.74 Å². The van der Waals surface area contributed by atoms with E-state index in [1.807, 2.05) is 0 Å². The summed E-state index contributed by atoms with van der Waals surface area (Å²) in [7, 11) is 0. The van der Waals surface area contributed by atoms with Crippen molar-refractivity contribution in [2.24, 2.45) is 16.7 Å². The first-order valence-electron chi connectivity index (χ1n) is 8.03. The molecule has 0 heterocycles. The Morgan fingerprint density at radius 1 is 1.20 bits per heavy atom. The Labute approximate surface area is 122 Å². The van der Waals surface area contributed by atoms with Gasteiger partial charge in [-0.2, -0.15) is 0 Å². The molecule has 4 atom stereocenters. The first-order chi connectivity index (χ1) is 9.68. The monoisotopic (exact) mass is 268 g/mol. The number of ether oxygens (including phenoxy) is 1. The molecule has 0 N–H and O–H groups in total. The van der Waals surface area contributed by atoms with Crippen LogP contribution in [0.15, 0.2) is 42.5 Å². The lowest BCUT2D eigenvalue weighted by atomic mass is 9.42. The smallest absolute Gasteiger partial charge is 0.0721 e. The number of benzene rings is 1. The number of hydrogen-bond donors (Lipinski definition) is 0. The van der Waals surface area contributed by atoms with Crippen molar-refractivity contribution in [2.45, 2.75) is 51.7 Å². The largest absolute Gasteiger partial charge is 0.373 e. The van der Waals surface area contributed by atoms with E-state index in [1.165, 1.54) is 43.2 Å². The van der Waals surface area contributed by atoms with Crippen LogP contribution in [0.5, 0.6) is 0 Å².